The van der Waals surface area contributed by atoms with Crippen LogP contribution in [0.2, 0.25) is 0 Å². The number of nitrogens with one attached hydrogen (secondary N) is 1. The van der Waals surface area contributed by atoms with Crippen LogP contribution < -0.4 is 10.2 Å². The number of piperidine rings is 1. The van der Waals surface area contributed by atoms with Crippen LogP contribution in [0.3, 0.4) is 0 Å². The first-order chi connectivity index (χ1) is 10.7. The van der Waals surface area contributed by atoms with Crippen LogP contribution in [-0.4, -0.2) is 48.2 Å². The quantitative estimate of drug-likeness (QED) is 0.915. The number of aromatic nitrogens is 2. The van der Waals surface area contributed by atoms with Crippen LogP contribution in [0.15, 0.2) is 12.4 Å². The van der Waals surface area contributed by atoms with Gasteiger partial charge in [-0.25, -0.2) is 9.97 Å². The second-order valence-corrected chi connectivity index (χ2v) is 6.30. The molecule has 2 fully saturated rings. The minimum Gasteiger partial charge on any atom is -0.376 e. The summed E-state index contributed by atoms with van der Waals surface area (Å²) in [6, 6.07) is 1.79. The molecule has 0 aromatic carbocycles. The fourth-order valence-electron chi connectivity index (χ4n) is 3.14. The average Bonchev–Trinajstić information content (AvgIpc) is 3.06. The van der Waals surface area contributed by atoms with Crippen molar-refractivity contribution in [3.05, 3.63) is 18.1 Å². The van der Waals surface area contributed by atoms with Gasteiger partial charge in [0.1, 0.15) is 17.8 Å². The van der Waals surface area contributed by atoms with Crippen LogP contribution in [0.4, 0.5) is 5.82 Å². The van der Waals surface area contributed by atoms with Gasteiger partial charge in [-0.1, -0.05) is 6.92 Å². The number of ether oxygens (including phenoxy) is 1. The Morgan fingerprint density at radius 1 is 1.41 bits per heavy atom. The van der Waals surface area contributed by atoms with E-state index in [0.717, 1.165) is 38.4 Å². The Balaban J connectivity index is 1.61. The van der Waals surface area contributed by atoms with Gasteiger partial charge in [0, 0.05) is 32.3 Å². The molecular weight excluding hydrogens is 280 g/mol. The van der Waals surface area contributed by atoms with Gasteiger partial charge < -0.3 is 15.0 Å². The predicted molar refractivity (Wildman–Crippen MR) is 84.0 cm³/mol. The van der Waals surface area contributed by atoms with E-state index < -0.39 is 0 Å². The lowest BCUT2D eigenvalue weighted by Crippen LogP contribution is -2.35. The molecule has 2 saturated heterocycles. The summed E-state index contributed by atoms with van der Waals surface area (Å²) < 4.78 is 5.51. The molecule has 0 radical (unpaired) electrons. The zero-order valence-electron chi connectivity index (χ0n) is 13.1. The van der Waals surface area contributed by atoms with E-state index in [9.17, 15) is 4.79 Å². The van der Waals surface area contributed by atoms with Gasteiger partial charge >= 0.3 is 0 Å². The summed E-state index contributed by atoms with van der Waals surface area (Å²) in [4.78, 5) is 22.9. The highest BCUT2D eigenvalue weighted by Gasteiger charge is 2.20. The molecule has 2 aliphatic heterocycles. The number of amides is 1. The molecule has 0 aliphatic carbocycles. The van der Waals surface area contributed by atoms with E-state index in [1.807, 2.05) is 0 Å². The highest BCUT2D eigenvalue weighted by atomic mass is 16.5. The molecule has 6 nitrogen and oxygen atoms in total. The molecule has 120 valence electrons. The highest BCUT2D eigenvalue weighted by molar-refractivity contribution is 5.92. The maximum Gasteiger partial charge on any atom is 0.270 e. The summed E-state index contributed by atoms with van der Waals surface area (Å²) in [7, 11) is 0. The molecule has 6 heteroatoms. The number of anilines is 1. The van der Waals surface area contributed by atoms with Gasteiger partial charge in [-0.15, -0.1) is 0 Å². The first-order valence-corrected chi connectivity index (χ1v) is 8.19. The van der Waals surface area contributed by atoms with Crippen LogP contribution in [0, 0.1) is 5.92 Å². The van der Waals surface area contributed by atoms with Gasteiger partial charge in [0.05, 0.1) is 6.10 Å². The van der Waals surface area contributed by atoms with Gasteiger partial charge in [-0.2, -0.15) is 0 Å². The molecule has 2 aliphatic rings. The van der Waals surface area contributed by atoms with E-state index >= 15 is 0 Å². The first kappa shape index (κ1) is 15.2. The van der Waals surface area contributed by atoms with Crippen LogP contribution in [0.25, 0.3) is 0 Å². The van der Waals surface area contributed by atoms with Crippen molar-refractivity contribution < 1.29 is 9.53 Å². The van der Waals surface area contributed by atoms with E-state index in [0.29, 0.717) is 18.2 Å². The Morgan fingerprint density at radius 2 is 2.32 bits per heavy atom. The Labute approximate surface area is 131 Å². The number of rotatable bonds is 4. The monoisotopic (exact) mass is 304 g/mol. The predicted octanol–water partition coefficient (Wildman–Crippen LogP) is 1.62. The Morgan fingerprint density at radius 3 is 3.09 bits per heavy atom. The van der Waals surface area contributed by atoms with E-state index in [1.54, 1.807) is 6.07 Å². The molecule has 1 aromatic heterocycles. The zero-order chi connectivity index (χ0) is 15.4. The molecule has 1 aromatic rings. The lowest BCUT2D eigenvalue weighted by atomic mass is 10.0. The van der Waals surface area contributed by atoms with Crippen LogP contribution in [0.5, 0.6) is 0 Å². The number of hydrogen-bond acceptors (Lipinski definition) is 5. The Bertz CT molecular complexity index is 517. The molecule has 1 amide bonds. The number of carbonyl (C=O) groups is 1. The van der Waals surface area contributed by atoms with Crippen molar-refractivity contribution in [3.8, 4) is 0 Å². The summed E-state index contributed by atoms with van der Waals surface area (Å²) in [5.74, 6) is 1.37. The van der Waals surface area contributed by atoms with E-state index in [2.05, 4.69) is 27.1 Å². The van der Waals surface area contributed by atoms with Crippen molar-refractivity contribution in [2.75, 3.05) is 31.1 Å². The van der Waals surface area contributed by atoms with Gasteiger partial charge in [-0.05, 0) is 31.6 Å². The van der Waals surface area contributed by atoms with E-state index in [1.165, 1.54) is 19.2 Å². The van der Waals surface area contributed by atoms with Gasteiger partial charge in [0.15, 0.2) is 0 Å². The SMILES string of the molecule is CC1CCCN(c2cc(C(=O)NCC3CCCO3)ncn2)C1. The largest absolute Gasteiger partial charge is 0.376 e. The summed E-state index contributed by atoms with van der Waals surface area (Å²) in [5, 5.41) is 2.91. The van der Waals surface area contributed by atoms with Crippen molar-refractivity contribution in [2.24, 2.45) is 5.92 Å². The molecule has 0 saturated carbocycles. The molecule has 3 heterocycles. The minimum atomic E-state index is -0.149. The Kier molecular flexibility index (Phi) is 4.87. The number of nitrogens with zero attached hydrogens (tertiary/aromatic N) is 3. The van der Waals surface area contributed by atoms with Crippen molar-refractivity contribution >= 4 is 11.7 Å². The van der Waals surface area contributed by atoms with E-state index in [4.69, 9.17) is 4.74 Å². The molecular formula is C16H24N4O2. The molecule has 1 N–H and O–H groups in total. The lowest BCUT2D eigenvalue weighted by Gasteiger charge is -2.31. The van der Waals surface area contributed by atoms with Crippen LogP contribution in [0.1, 0.15) is 43.1 Å². The average molecular weight is 304 g/mol. The Hall–Kier alpha value is -1.69. The highest BCUT2D eigenvalue weighted by Crippen LogP contribution is 2.21. The van der Waals surface area contributed by atoms with Gasteiger partial charge in [0.2, 0.25) is 0 Å². The van der Waals surface area contributed by atoms with Crippen molar-refractivity contribution in [2.45, 2.75) is 38.7 Å². The summed E-state index contributed by atoms with van der Waals surface area (Å²) >= 11 is 0. The third-order valence-electron chi connectivity index (χ3n) is 4.38. The second kappa shape index (κ2) is 7.05. The van der Waals surface area contributed by atoms with Crippen LogP contribution in [-0.2, 0) is 4.74 Å². The van der Waals surface area contributed by atoms with E-state index in [-0.39, 0.29) is 12.0 Å². The fraction of sp³-hybridized carbons (Fsp3) is 0.688. The summed E-state index contributed by atoms with van der Waals surface area (Å²) in [6.45, 7) is 5.60. The normalized spacial score (nSPS) is 25.2. The fourth-order valence-corrected chi connectivity index (χ4v) is 3.14. The molecule has 3 rings (SSSR count). The third-order valence-corrected chi connectivity index (χ3v) is 4.38. The number of hydrogen-bond donors (Lipinski definition) is 1. The number of carbonyl (C=O) groups excluding carboxylic acids is 1. The topological polar surface area (TPSA) is 67.4 Å². The van der Waals surface area contributed by atoms with Crippen LogP contribution >= 0.6 is 0 Å². The molecule has 0 bridgehead atoms. The maximum absolute atomic E-state index is 12.2. The second-order valence-electron chi connectivity index (χ2n) is 6.30. The maximum atomic E-state index is 12.2. The molecule has 22 heavy (non-hydrogen) atoms. The first-order valence-electron chi connectivity index (χ1n) is 8.19. The standard InChI is InChI=1S/C16H24N4O2/c1-12-4-2-6-20(10-12)15-8-14(18-11-19-15)16(21)17-9-13-5-3-7-22-13/h8,11-13H,2-7,9-10H2,1H3,(H,17,21). The smallest absolute Gasteiger partial charge is 0.270 e. The summed E-state index contributed by atoms with van der Waals surface area (Å²) in [5.41, 5.74) is 0.432. The van der Waals surface area contributed by atoms with Crippen molar-refractivity contribution in [1.82, 2.24) is 15.3 Å². The summed E-state index contributed by atoms with van der Waals surface area (Å²) in [6.07, 6.45) is 6.15. The zero-order valence-corrected chi connectivity index (χ0v) is 13.1. The molecule has 2 atom stereocenters. The molecule has 0 spiro atoms. The van der Waals surface area contributed by atoms with Crippen molar-refractivity contribution in [1.29, 1.82) is 0 Å². The van der Waals surface area contributed by atoms with Crippen molar-refractivity contribution in [3.63, 3.8) is 0 Å². The van der Waals surface area contributed by atoms with Gasteiger partial charge in [-0.3, -0.25) is 4.79 Å². The van der Waals surface area contributed by atoms with Gasteiger partial charge in [0.25, 0.3) is 5.91 Å². The molecule has 2 unspecified atom stereocenters. The third kappa shape index (κ3) is 3.74. The minimum absolute atomic E-state index is 0.146. The lowest BCUT2D eigenvalue weighted by molar-refractivity contribution is 0.0853.